The highest BCUT2D eigenvalue weighted by molar-refractivity contribution is 5.99. The lowest BCUT2D eigenvalue weighted by molar-refractivity contribution is -0.117. The predicted molar refractivity (Wildman–Crippen MR) is 167 cm³/mol. The number of nitrogens with zero attached hydrogens (tertiary/aromatic N) is 3. The molecule has 8 heteroatoms. The largest absolute Gasteiger partial charge is 0.368 e. The molecule has 0 radical (unpaired) electrons. The number of amides is 3. The lowest BCUT2D eigenvalue weighted by Crippen LogP contribution is -2.48. The van der Waals surface area contributed by atoms with Crippen LogP contribution in [0.15, 0.2) is 97.1 Å². The monoisotopic (exact) mass is 578 g/mol. The van der Waals surface area contributed by atoms with Gasteiger partial charge in [-0.2, -0.15) is 0 Å². The SMILES string of the molecule is Cc1ccc(C(=O)N2CCN(c3ccc(NC(=O)CN(Cc4ccc(F)cc4)C(=O)c4ccc(C)cc4)cc3)CC2)cc1. The molecule has 0 unspecified atom stereocenters. The molecule has 1 N–H and O–H groups in total. The number of halogens is 1. The van der Waals surface area contributed by atoms with Crippen LogP contribution in [0.3, 0.4) is 0 Å². The molecule has 1 heterocycles. The molecule has 5 rings (SSSR count). The fourth-order valence-electron chi connectivity index (χ4n) is 5.06. The van der Waals surface area contributed by atoms with Crippen molar-refractivity contribution in [3.8, 4) is 0 Å². The maximum absolute atomic E-state index is 13.4. The van der Waals surface area contributed by atoms with Gasteiger partial charge in [-0.05, 0) is 80.1 Å². The van der Waals surface area contributed by atoms with E-state index in [1.54, 1.807) is 24.3 Å². The van der Waals surface area contributed by atoms with Gasteiger partial charge in [0.15, 0.2) is 0 Å². The zero-order valence-electron chi connectivity index (χ0n) is 24.4. The van der Waals surface area contributed by atoms with E-state index < -0.39 is 0 Å². The smallest absolute Gasteiger partial charge is 0.254 e. The Bertz CT molecular complexity index is 1560. The van der Waals surface area contributed by atoms with Crippen LogP contribution in [0.2, 0.25) is 0 Å². The van der Waals surface area contributed by atoms with Crippen molar-refractivity contribution in [2.45, 2.75) is 20.4 Å². The number of nitrogens with one attached hydrogen (secondary N) is 1. The third kappa shape index (κ3) is 7.65. The van der Waals surface area contributed by atoms with Gasteiger partial charge in [-0.3, -0.25) is 14.4 Å². The summed E-state index contributed by atoms with van der Waals surface area (Å²) in [5.41, 5.74) is 5.68. The molecule has 1 aliphatic rings. The molecule has 1 fully saturated rings. The van der Waals surface area contributed by atoms with E-state index in [4.69, 9.17) is 0 Å². The van der Waals surface area contributed by atoms with Gasteiger partial charge in [0.05, 0.1) is 0 Å². The van der Waals surface area contributed by atoms with Crippen LogP contribution >= 0.6 is 0 Å². The average molecular weight is 579 g/mol. The summed E-state index contributed by atoms with van der Waals surface area (Å²) < 4.78 is 13.4. The first kappa shape index (κ1) is 29.5. The van der Waals surface area contributed by atoms with E-state index in [1.807, 2.05) is 79.4 Å². The van der Waals surface area contributed by atoms with E-state index >= 15 is 0 Å². The molecule has 0 aromatic heterocycles. The first-order valence-electron chi connectivity index (χ1n) is 14.4. The fourth-order valence-corrected chi connectivity index (χ4v) is 5.06. The van der Waals surface area contributed by atoms with Crippen LogP contribution < -0.4 is 10.2 Å². The summed E-state index contributed by atoms with van der Waals surface area (Å²) in [6, 6.07) is 28.3. The van der Waals surface area contributed by atoms with Gasteiger partial charge in [-0.1, -0.05) is 47.5 Å². The summed E-state index contributed by atoms with van der Waals surface area (Å²) in [6.07, 6.45) is 0. The van der Waals surface area contributed by atoms with Crippen molar-refractivity contribution < 1.29 is 18.8 Å². The average Bonchev–Trinajstić information content (AvgIpc) is 3.02. The molecule has 1 aliphatic heterocycles. The molecule has 0 aliphatic carbocycles. The Morgan fingerprint density at radius 2 is 1.28 bits per heavy atom. The van der Waals surface area contributed by atoms with Crippen LogP contribution in [0.4, 0.5) is 15.8 Å². The lowest BCUT2D eigenvalue weighted by atomic mass is 10.1. The van der Waals surface area contributed by atoms with Gasteiger partial charge in [0.2, 0.25) is 5.91 Å². The van der Waals surface area contributed by atoms with Crippen molar-refractivity contribution >= 4 is 29.1 Å². The molecule has 4 aromatic rings. The Morgan fingerprint density at radius 3 is 1.86 bits per heavy atom. The lowest BCUT2D eigenvalue weighted by Gasteiger charge is -2.36. The number of carbonyl (C=O) groups excluding carboxylic acids is 3. The molecule has 7 nitrogen and oxygen atoms in total. The number of benzene rings is 4. The summed E-state index contributed by atoms with van der Waals surface area (Å²) in [5.74, 6) is -0.931. The van der Waals surface area contributed by atoms with Crippen LogP contribution in [0.1, 0.15) is 37.4 Å². The highest BCUT2D eigenvalue weighted by atomic mass is 19.1. The Kier molecular flexibility index (Phi) is 9.15. The molecular formula is C35H35FN4O3. The maximum atomic E-state index is 13.4. The number of rotatable bonds is 8. The van der Waals surface area contributed by atoms with Crippen LogP contribution in [0, 0.1) is 19.7 Å². The molecule has 0 bridgehead atoms. The van der Waals surface area contributed by atoms with Gasteiger partial charge < -0.3 is 20.0 Å². The van der Waals surface area contributed by atoms with E-state index in [0.717, 1.165) is 22.4 Å². The molecule has 0 spiro atoms. The van der Waals surface area contributed by atoms with Crippen LogP contribution in [-0.4, -0.2) is 60.2 Å². The van der Waals surface area contributed by atoms with Gasteiger partial charge in [-0.15, -0.1) is 0 Å². The molecule has 0 saturated carbocycles. The minimum atomic E-state index is -0.362. The standard InChI is InChI=1S/C35H35FN4O3/c1-25-3-9-28(10-4-25)34(42)39-21-19-38(20-22-39)32-17-15-31(16-18-32)37-33(41)24-40(23-27-7-13-30(36)14-8-27)35(43)29-11-5-26(2)6-12-29/h3-18H,19-24H2,1-2H3,(H,37,41). The van der Waals surface area contributed by atoms with Gasteiger partial charge in [0.1, 0.15) is 12.4 Å². The van der Waals surface area contributed by atoms with Gasteiger partial charge in [0, 0.05) is 55.2 Å². The number of anilines is 2. The highest BCUT2D eigenvalue weighted by Crippen LogP contribution is 2.21. The van der Waals surface area contributed by atoms with Crippen molar-refractivity contribution in [3.05, 3.63) is 131 Å². The zero-order chi connectivity index (χ0) is 30.3. The summed E-state index contributed by atoms with van der Waals surface area (Å²) in [7, 11) is 0. The number of aryl methyl sites for hydroxylation is 2. The van der Waals surface area contributed by atoms with Crippen molar-refractivity contribution in [2.24, 2.45) is 0 Å². The van der Waals surface area contributed by atoms with Crippen LogP contribution in [0.5, 0.6) is 0 Å². The van der Waals surface area contributed by atoms with E-state index in [0.29, 0.717) is 43.0 Å². The quantitative estimate of drug-likeness (QED) is 0.292. The molecule has 4 aromatic carbocycles. The predicted octanol–water partition coefficient (Wildman–Crippen LogP) is 5.69. The zero-order valence-corrected chi connectivity index (χ0v) is 24.4. The second-order valence-electron chi connectivity index (χ2n) is 10.9. The molecule has 220 valence electrons. The Morgan fingerprint density at radius 1 is 0.721 bits per heavy atom. The Hall–Kier alpha value is -4.98. The minimum Gasteiger partial charge on any atom is -0.368 e. The highest BCUT2D eigenvalue weighted by Gasteiger charge is 2.23. The summed E-state index contributed by atoms with van der Waals surface area (Å²) >= 11 is 0. The van der Waals surface area contributed by atoms with Crippen LogP contribution in [-0.2, 0) is 11.3 Å². The molecular weight excluding hydrogens is 543 g/mol. The normalized spacial score (nSPS) is 13.0. The first-order chi connectivity index (χ1) is 20.7. The Balaban J connectivity index is 1.18. The second kappa shape index (κ2) is 13.3. The summed E-state index contributed by atoms with van der Waals surface area (Å²) in [4.78, 5) is 44.8. The fraction of sp³-hybridized carbons (Fsp3) is 0.229. The van der Waals surface area contributed by atoms with E-state index in [2.05, 4.69) is 10.2 Å². The van der Waals surface area contributed by atoms with Crippen molar-refractivity contribution in [3.63, 3.8) is 0 Å². The van der Waals surface area contributed by atoms with E-state index in [9.17, 15) is 18.8 Å². The number of carbonyl (C=O) groups is 3. The van der Waals surface area contributed by atoms with Gasteiger partial charge >= 0.3 is 0 Å². The number of piperazine rings is 1. The minimum absolute atomic E-state index is 0.0482. The number of hydrogen-bond acceptors (Lipinski definition) is 4. The van der Waals surface area contributed by atoms with Crippen molar-refractivity contribution in [2.75, 3.05) is 42.9 Å². The van der Waals surface area contributed by atoms with Gasteiger partial charge in [0.25, 0.3) is 11.8 Å². The third-order valence-electron chi connectivity index (χ3n) is 7.59. The first-order valence-corrected chi connectivity index (χ1v) is 14.4. The second-order valence-corrected chi connectivity index (χ2v) is 10.9. The summed E-state index contributed by atoms with van der Waals surface area (Å²) in [6.45, 7) is 6.62. The Labute approximate surface area is 251 Å². The number of hydrogen-bond donors (Lipinski definition) is 1. The van der Waals surface area contributed by atoms with Crippen molar-refractivity contribution in [1.82, 2.24) is 9.80 Å². The maximum Gasteiger partial charge on any atom is 0.254 e. The summed E-state index contributed by atoms with van der Waals surface area (Å²) in [5, 5.41) is 2.89. The van der Waals surface area contributed by atoms with Gasteiger partial charge in [-0.25, -0.2) is 4.39 Å². The molecule has 0 atom stereocenters. The van der Waals surface area contributed by atoms with E-state index in [-0.39, 0.29) is 36.6 Å². The molecule has 3 amide bonds. The third-order valence-corrected chi connectivity index (χ3v) is 7.59. The molecule has 43 heavy (non-hydrogen) atoms. The van der Waals surface area contributed by atoms with E-state index in [1.165, 1.54) is 17.0 Å². The van der Waals surface area contributed by atoms with Crippen LogP contribution in [0.25, 0.3) is 0 Å². The topological polar surface area (TPSA) is 73.0 Å². The van der Waals surface area contributed by atoms with Crippen molar-refractivity contribution in [1.29, 1.82) is 0 Å². The molecule has 1 saturated heterocycles.